The Morgan fingerprint density at radius 1 is 1.45 bits per heavy atom. The average molecular weight is 285 g/mol. The molecule has 0 spiro atoms. The number of carbonyl (C=O) groups excluding carboxylic acids is 1. The fourth-order valence-corrected chi connectivity index (χ4v) is 1.87. The van der Waals surface area contributed by atoms with Crippen LogP contribution in [0, 0.1) is 5.92 Å². The van der Waals surface area contributed by atoms with Crippen molar-refractivity contribution in [2.45, 2.75) is 53.1 Å². The van der Waals surface area contributed by atoms with E-state index >= 15 is 0 Å². The van der Waals surface area contributed by atoms with Crippen molar-refractivity contribution in [1.29, 1.82) is 0 Å². The van der Waals surface area contributed by atoms with Crippen molar-refractivity contribution in [3.05, 3.63) is 11.4 Å². The minimum absolute atomic E-state index is 0.121. The molecule has 20 heavy (non-hydrogen) atoms. The quantitative estimate of drug-likeness (QED) is 0.662. The first-order chi connectivity index (χ1) is 9.33. The van der Waals surface area contributed by atoms with E-state index in [4.69, 9.17) is 5.73 Å². The first-order valence-electron chi connectivity index (χ1n) is 7.21. The maximum atomic E-state index is 12.9. The maximum absolute atomic E-state index is 12.9. The molecular formula is C15H28FN3O. The van der Waals surface area contributed by atoms with Gasteiger partial charge in [0.05, 0.1) is 0 Å². The molecular weight excluding hydrogens is 257 g/mol. The lowest BCUT2D eigenvalue weighted by Crippen LogP contribution is -2.28. The fourth-order valence-electron chi connectivity index (χ4n) is 1.87. The van der Waals surface area contributed by atoms with Crippen LogP contribution in [0.5, 0.6) is 0 Å². The summed E-state index contributed by atoms with van der Waals surface area (Å²) in [5.74, 6) is 0.389. The van der Waals surface area contributed by atoms with Crippen molar-refractivity contribution >= 4 is 12.1 Å². The zero-order valence-electron chi connectivity index (χ0n) is 13.3. The molecule has 5 heteroatoms. The van der Waals surface area contributed by atoms with Gasteiger partial charge in [-0.3, -0.25) is 4.79 Å². The zero-order valence-corrected chi connectivity index (χ0v) is 13.3. The Balaban J connectivity index is 4.81. The van der Waals surface area contributed by atoms with Crippen LogP contribution in [-0.4, -0.2) is 36.8 Å². The molecule has 0 fully saturated rings. The molecule has 0 bridgehead atoms. The second-order valence-corrected chi connectivity index (χ2v) is 5.13. The molecule has 116 valence electrons. The highest BCUT2D eigenvalue weighted by atomic mass is 19.1. The molecule has 4 nitrogen and oxygen atoms in total. The van der Waals surface area contributed by atoms with Gasteiger partial charge in [0, 0.05) is 25.7 Å². The predicted octanol–water partition coefficient (Wildman–Crippen LogP) is 2.89. The molecule has 2 N–H and O–H groups in total. The lowest BCUT2D eigenvalue weighted by molar-refractivity contribution is -0.122. The number of halogens is 1. The molecule has 2 unspecified atom stereocenters. The van der Waals surface area contributed by atoms with E-state index in [0.29, 0.717) is 13.0 Å². The molecule has 2 atom stereocenters. The molecule has 0 aliphatic carbocycles. The van der Waals surface area contributed by atoms with Gasteiger partial charge in [0.2, 0.25) is 5.91 Å². The van der Waals surface area contributed by atoms with E-state index in [1.807, 2.05) is 32.7 Å². The number of allylic oxidation sites excluding steroid dienone is 1. The van der Waals surface area contributed by atoms with Crippen molar-refractivity contribution in [3.63, 3.8) is 0 Å². The largest absolute Gasteiger partial charge is 0.369 e. The molecule has 0 radical (unpaired) electrons. The van der Waals surface area contributed by atoms with Gasteiger partial charge in [-0.15, -0.1) is 0 Å². The van der Waals surface area contributed by atoms with Crippen LogP contribution in [0.25, 0.3) is 0 Å². The Hall–Kier alpha value is -1.39. The summed E-state index contributed by atoms with van der Waals surface area (Å²) in [5, 5.41) is 0. The Morgan fingerprint density at radius 2 is 2.05 bits per heavy atom. The molecule has 0 heterocycles. The van der Waals surface area contributed by atoms with Crippen molar-refractivity contribution in [3.8, 4) is 0 Å². The number of nitrogens with two attached hydrogens (primary N) is 1. The minimum atomic E-state index is -1.07. The molecule has 0 saturated heterocycles. The second kappa shape index (κ2) is 9.50. The van der Waals surface area contributed by atoms with Crippen molar-refractivity contribution in [2.24, 2.45) is 16.6 Å². The average Bonchev–Trinajstić information content (AvgIpc) is 2.38. The van der Waals surface area contributed by atoms with Gasteiger partial charge < -0.3 is 10.6 Å². The third kappa shape index (κ3) is 6.68. The van der Waals surface area contributed by atoms with Gasteiger partial charge in [-0.1, -0.05) is 13.8 Å². The molecule has 0 aromatic carbocycles. The first kappa shape index (κ1) is 18.6. The van der Waals surface area contributed by atoms with Gasteiger partial charge in [0.1, 0.15) is 12.0 Å². The number of hydrogen-bond donors (Lipinski definition) is 1. The van der Waals surface area contributed by atoms with E-state index in [0.717, 1.165) is 24.2 Å². The van der Waals surface area contributed by atoms with E-state index in [1.54, 1.807) is 0 Å². The summed E-state index contributed by atoms with van der Waals surface area (Å²) in [6.07, 6.45) is 2.50. The van der Waals surface area contributed by atoms with Gasteiger partial charge in [0.25, 0.3) is 0 Å². The van der Waals surface area contributed by atoms with Crippen LogP contribution in [0.15, 0.2) is 16.4 Å². The Bertz CT molecular complexity index is 364. The van der Waals surface area contributed by atoms with Gasteiger partial charge in [0.15, 0.2) is 0 Å². The molecule has 0 aliphatic rings. The van der Waals surface area contributed by atoms with Gasteiger partial charge >= 0.3 is 0 Å². The number of rotatable bonds is 9. The topological polar surface area (TPSA) is 58.7 Å². The van der Waals surface area contributed by atoms with Crippen LogP contribution in [0.3, 0.4) is 0 Å². The predicted molar refractivity (Wildman–Crippen MR) is 82.3 cm³/mol. The third-order valence-electron chi connectivity index (χ3n) is 3.38. The van der Waals surface area contributed by atoms with Crippen LogP contribution in [0.4, 0.5) is 4.39 Å². The standard InChI is InChI=1S/C15H28FN3O/c1-6-11(3)15(18-10-12(4)16)19(5)9-8-13(7-2)14(17)20/h10,12-13H,6-9H2,1-5H3,(H2,17,20)/b15-11+,18-10-. The van der Waals surface area contributed by atoms with E-state index in [1.165, 1.54) is 13.1 Å². The summed E-state index contributed by atoms with van der Waals surface area (Å²) < 4.78 is 12.9. The number of amides is 1. The third-order valence-corrected chi connectivity index (χ3v) is 3.38. The number of alkyl halides is 1. The van der Waals surface area contributed by atoms with Crippen LogP contribution in [0.1, 0.15) is 47.0 Å². The molecule has 0 aromatic heterocycles. The normalized spacial score (nSPS) is 15.9. The lowest BCUT2D eigenvalue weighted by Gasteiger charge is -2.23. The van der Waals surface area contributed by atoms with Crippen LogP contribution >= 0.6 is 0 Å². The summed E-state index contributed by atoms with van der Waals surface area (Å²) >= 11 is 0. The molecule has 0 saturated carbocycles. The fraction of sp³-hybridized carbons (Fsp3) is 0.733. The Kier molecular flexibility index (Phi) is 8.84. The van der Waals surface area contributed by atoms with Crippen LogP contribution < -0.4 is 5.73 Å². The summed E-state index contributed by atoms with van der Waals surface area (Å²) in [6, 6.07) is 0. The van der Waals surface area contributed by atoms with E-state index in [2.05, 4.69) is 4.99 Å². The number of nitrogens with zero attached hydrogens (tertiary/aromatic N) is 2. The van der Waals surface area contributed by atoms with Crippen molar-refractivity contribution in [1.82, 2.24) is 4.90 Å². The van der Waals surface area contributed by atoms with Crippen LogP contribution in [-0.2, 0) is 4.79 Å². The van der Waals surface area contributed by atoms with Crippen molar-refractivity contribution in [2.75, 3.05) is 13.6 Å². The first-order valence-corrected chi connectivity index (χ1v) is 7.21. The van der Waals surface area contributed by atoms with E-state index < -0.39 is 6.17 Å². The molecule has 0 aromatic rings. The monoisotopic (exact) mass is 285 g/mol. The summed E-state index contributed by atoms with van der Waals surface area (Å²) in [4.78, 5) is 17.4. The number of primary amides is 1. The van der Waals surface area contributed by atoms with Crippen LogP contribution in [0.2, 0.25) is 0 Å². The minimum Gasteiger partial charge on any atom is -0.369 e. The number of aliphatic imine (C=N–C) groups is 1. The highest BCUT2D eigenvalue weighted by Gasteiger charge is 2.15. The number of carbonyl (C=O) groups is 1. The maximum Gasteiger partial charge on any atom is 0.220 e. The van der Waals surface area contributed by atoms with Crippen molar-refractivity contribution < 1.29 is 9.18 Å². The van der Waals surface area contributed by atoms with Gasteiger partial charge in [-0.2, -0.15) is 0 Å². The van der Waals surface area contributed by atoms with E-state index in [-0.39, 0.29) is 11.8 Å². The highest BCUT2D eigenvalue weighted by Crippen LogP contribution is 2.16. The second-order valence-electron chi connectivity index (χ2n) is 5.13. The zero-order chi connectivity index (χ0) is 15.7. The smallest absolute Gasteiger partial charge is 0.220 e. The molecule has 0 aliphatic heterocycles. The lowest BCUT2D eigenvalue weighted by atomic mass is 10.0. The Labute approximate surface area is 121 Å². The molecule has 1 amide bonds. The molecule has 0 rings (SSSR count). The van der Waals surface area contributed by atoms with E-state index in [9.17, 15) is 9.18 Å². The summed E-state index contributed by atoms with van der Waals surface area (Å²) in [7, 11) is 1.91. The summed E-state index contributed by atoms with van der Waals surface area (Å²) in [6.45, 7) is 8.09. The summed E-state index contributed by atoms with van der Waals surface area (Å²) in [5.41, 5.74) is 6.44. The van der Waals surface area contributed by atoms with Gasteiger partial charge in [-0.25, -0.2) is 9.38 Å². The Morgan fingerprint density at radius 3 is 2.45 bits per heavy atom. The van der Waals surface area contributed by atoms with Gasteiger partial charge in [-0.05, 0) is 38.7 Å². The number of hydrogen-bond acceptors (Lipinski definition) is 3. The SMILES string of the molecule is CC/C(C)=C(\N=C/C(C)F)N(C)CCC(CC)C(N)=O. The highest BCUT2D eigenvalue weighted by molar-refractivity contribution is 5.76.